The van der Waals surface area contributed by atoms with Crippen LogP contribution in [0.15, 0.2) is 47.8 Å². The van der Waals surface area contributed by atoms with Gasteiger partial charge in [-0.3, -0.25) is 9.59 Å². The average molecular weight is 486 g/mol. The first-order chi connectivity index (χ1) is 15.9. The van der Waals surface area contributed by atoms with Gasteiger partial charge in [-0.1, -0.05) is 30.3 Å². The third-order valence-corrected chi connectivity index (χ3v) is 7.12. The fourth-order valence-corrected chi connectivity index (χ4v) is 5.30. The molecule has 3 aromatic rings. The highest BCUT2D eigenvalue weighted by Crippen LogP contribution is 2.39. The number of anilines is 2. The number of carbonyl (C=O) groups is 3. The molecular formula is C23H23N3O5S2. The number of amides is 2. The molecular weight excluding hydrogens is 462 g/mol. The number of hydrogen-bond acceptors (Lipinski definition) is 8. The van der Waals surface area contributed by atoms with Crippen LogP contribution in [0, 0.1) is 0 Å². The zero-order valence-electron chi connectivity index (χ0n) is 17.9. The van der Waals surface area contributed by atoms with Gasteiger partial charge in [0.1, 0.15) is 9.88 Å². The summed E-state index contributed by atoms with van der Waals surface area (Å²) in [5, 5.41) is 5.55. The Morgan fingerprint density at radius 3 is 2.58 bits per heavy atom. The number of ether oxygens (including phenoxy) is 2. The summed E-state index contributed by atoms with van der Waals surface area (Å²) in [4.78, 5) is 39.5. The maximum atomic E-state index is 12.9. The van der Waals surface area contributed by atoms with Gasteiger partial charge in [-0.2, -0.15) is 0 Å². The summed E-state index contributed by atoms with van der Waals surface area (Å²) in [6.45, 7) is 4.20. The largest absolute Gasteiger partial charge is 0.448 e. The van der Waals surface area contributed by atoms with E-state index in [2.05, 4.69) is 10.2 Å². The van der Waals surface area contributed by atoms with Crippen LogP contribution < -0.4 is 16.0 Å². The molecule has 2 aromatic heterocycles. The third-order valence-electron chi connectivity index (χ3n) is 5.12. The molecule has 3 N–H and O–H groups in total. The van der Waals surface area contributed by atoms with Gasteiger partial charge in [0.25, 0.3) is 11.8 Å². The van der Waals surface area contributed by atoms with Crippen molar-refractivity contribution in [2.75, 3.05) is 36.5 Å². The molecule has 1 aromatic carbocycles. The maximum Gasteiger partial charge on any atom is 0.349 e. The first kappa shape index (κ1) is 23.0. The van der Waals surface area contributed by atoms with Gasteiger partial charge in [0.05, 0.1) is 23.8 Å². The van der Waals surface area contributed by atoms with Crippen LogP contribution >= 0.6 is 22.7 Å². The Labute approximate surface area is 198 Å². The van der Waals surface area contributed by atoms with Gasteiger partial charge in [0.2, 0.25) is 0 Å². The molecule has 1 aliphatic rings. The molecule has 0 aliphatic carbocycles. The Bertz CT molecular complexity index is 1150. The molecule has 0 bridgehead atoms. The number of benzene rings is 1. The lowest BCUT2D eigenvalue weighted by Gasteiger charge is -2.28. The molecule has 0 saturated carbocycles. The summed E-state index contributed by atoms with van der Waals surface area (Å²) in [6, 6.07) is 13.2. The summed E-state index contributed by atoms with van der Waals surface area (Å²) in [6.07, 6.45) is -1.06. The van der Waals surface area contributed by atoms with Crippen LogP contribution in [0.4, 0.5) is 10.0 Å². The molecule has 172 valence electrons. The van der Waals surface area contributed by atoms with Crippen molar-refractivity contribution in [3.8, 4) is 11.1 Å². The Morgan fingerprint density at radius 1 is 1.15 bits per heavy atom. The molecule has 1 atom stereocenters. The lowest BCUT2D eigenvalue weighted by molar-refractivity contribution is -0.123. The molecule has 0 spiro atoms. The van der Waals surface area contributed by atoms with E-state index in [9.17, 15) is 14.4 Å². The minimum Gasteiger partial charge on any atom is -0.448 e. The molecule has 10 heteroatoms. The van der Waals surface area contributed by atoms with E-state index in [0.29, 0.717) is 23.1 Å². The van der Waals surface area contributed by atoms with Crippen LogP contribution in [0.3, 0.4) is 0 Å². The topological polar surface area (TPSA) is 111 Å². The highest BCUT2D eigenvalue weighted by Gasteiger charge is 2.26. The lowest BCUT2D eigenvalue weighted by atomic mass is 10.1. The predicted molar refractivity (Wildman–Crippen MR) is 129 cm³/mol. The fraction of sp³-hybridized carbons (Fsp3) is 0.261. The number of esters is 1. The van der Waals surface area contributed by atoms with Crippen molar-refractivity contribution < 1.29 is 23.9 Å². The summed E-state index contributed by atoms with van der Waals surface area (Å²) in [7, 11) is 0. The van der Waals surface area contributed by atoms with Gasteiger partial charge in [0, 0.05) is 18.7 Å². The van der Waals surface area contributed by atoms with Gasteiger partial charge >= 0.3 is 5.97 Å². The molecule has 3 heterocycles. The second kappa shape index (κ2) is 10.2. The van der Waals surface area contributed by atoms with Crippen LogP contribution in [0.25, 0.3) is 11.1 Å². The zero-order chi connectivity index (χ0) is 23.4. The van der Waals surface area contributed by atoms with Crippen LogP contribution in [0.2, 0.25) is 0 Å². The van der Waals surface area contributed by atoms with Crippen molar-refractivity contribution in [3.63, 3.8) is 0 Å². The molecule has 2 amide bonds. The van der Waals surface area contributed by atoms with Crippen molar-refractivity contribution in [2.24, 2.45) is 5.73 Å². The summed E-state index contributed by atoms with van der Waals surface area (Å²) < 4.78 is 10.9. The van der Waals surface area contributed by atoms with Crippen LogP contribution in [0.1, 0.15) is 27.0 Å². The van der Waals surface area contributed by atoms with E-state index in [4.69, 9.17) is 15.2 Å². The molecule has 33 heavy (non-hydrogen) atoms. The van der Waals surface area contributed by atoms with E-state index >= 15 is 0 Å². The van der Waals surface area contributed by atoms with E-state index in [1.54, 1.807) is 5.38 Å². The minimum atomic E-state index is -1.06. The van der Waals surface area contributed by atoms with Gasteiger partial charge in [-0.05, 0) is 30.0 Å². The number of nitrogens with two attached hydrogens (primary N) is 1. The van der Waals surface area contributed by atoms with E-state index in [-0.39, 0.29) is 5.56 Å². The quantitative estimate of drug-likeness (QED) is 0.495. The van der Waals surface area contributed by atoms with Gasteiger partial charge in [0.15, 0.2) is 6.10 Å². The number of hydrogen-bond donors (Lipinski definition) is 2. The number of morpholine rings is 1. The van der Waals surface area contributed by atoms with Crippen molar-refractivity contribution in [1.29, 1.82) is 0 Å². The van der Waals surface area contributed by atoms with E-state index < -0.39 is 23.9 Å². The van der Waals surface area contributed by atoms with Crippen molar-refractivity contribution in [1.82, 2.24) is 0 Å². The summed E-state index contributed by atoms with van der Waals surface area (Å²) in [5.74, 6) is -1.76. The van der Waals surface area contributed by atoms with Gasteiger partial charge < -0.3 is 25.4 Å². The molecule has 1 unspecified atom stereocenters. The first-order valence-corrected chi connectivity index (χ1v) is 12.0. The van der Waals surface area contributed by atoms with E-state index in [1.807, 2.05) is 36.4 Å². The number of nitrogens with zero attached hydrogens (tertiary/aromatic N) is 1. The maximum absolute atomic E-state index is 12.9. The molecule has 1 saturated heterocycles. The average Bonchev–Trinajstić information content (AvgIpc) is 3.48. The second-order valence-electron chi connectivity index (χ2n) is 7.36. The molecule has 8 nitrogen and oxygen atoms in total. The van der Waals surface area contributed by atoms with Crippen LogP contribution in [-0.2, 0) is 14.3 Å². The summed E-state index contributed by atoms with van der Waals surface area (Å²) in [5.41, 5.74) is 7.47. The van der Waals surface area contributed by atoms with Crippen molar-refractivity contribution in [2.45, 2.75) is 13.0 Å². The lowest BCUT2D eigenvalue weighted by Crippen LogP contribution is -2.35. The first-order valence-electron chi connectivity index (χ1n) is 10.3. The predicted octanol–water partition coefficient (Wildman–Crippen LogP) is 3.60. The Kier molecular flexibility index (Phi) is 7.07. The number of primary amides is 1. The number of carbonyl (C=O) groups excluding carboxylic acids is 3. The SMILES string of the molecule is CC(OC(=O)c1cc(-c2ccccc2)c(N2CCOCC2)s1)C(=O)Nc1sccc1C(N)=O. The zero-order valence-corrected chi connectivity index (χ0v) is 19.5. The van der Waals surface area contributed by atoms with Crippen LogP contribution in [0.5, 0.6) is 0 Å². The normalized spacial score (nSPS) is 14.5. The molecule has 0 radical (unpaired) electrons. The Hall–Kier alpha value is -3.21. The second-order valence-corrected chi connectivity index (χ2v) is 9.31. The Morgan fingerprint density at radius 2 is 1.88 bits per heavy atom. The molecule has 4 rings (SSSR count). The number of thiophene rings is 2. The van der Waals surface area contributed by atoms with Crippen molar-refractivity contribution in [3.05, 3.63) is 58.3 Å². The minimum absolute atomic E-state index is 0.216. The van der Waals surface area contributed by atoms with E-state index in [0.717, 1.165) is 29.2 Å². The summed E-state index contributed by atoms with van der Waals surface area (Å²) >= 11 is 2.51. The highest BCUT2D eigenvalue weighted by atomic mass is 32.1. The van der Waals surface area contributed by atoms with E-state index in [1.165, 1.54) is 35.7 Å². The fourth-order valence-electron chi connectivity index (χ4n) is 3.39. The highest BCUT2D eigenvalue weighted by molar-refractivity contribution is 7.18. The van der Waals surface area contributed by atoms with Crippen molar-refractivity contribution >= 4 is 50.5 Å². The smallest absolute Gasteiger partial charge is 0.349 e. The Balaban J connectivity index is 1.51. The van der Waals surface area contributed by atoms with Crippen LogP contribution in [-0.4, -0.2) is 50.2 Å². The number of nitrogens with one attached hydrogen (secondary N) is 1. The number of rotatable bonds is 7. The molecule has 1 fully saturated rings. The molecule has 1 aliphatic heterocycles. The third kappa shape index (κ3) is 5.24. The monoisotopic (exact) mass is 485 g/mol. The van der Waals surface area contributed by atoms with Gasteiger partial charge in [-0.15, -0.1) is 22.7 Å². The standard InChI is InChI=1S/C23H23N3O5S2/c1-14(20(28)25-21-16(19(24)27)7-12-32-21)31-23(29)18-13-17(15-5-3-2-4-6-15)22(33-18)26-8-10-30-11-9-26/h2-7,12-14H,8-11H2,1H3,(H2,24,27)(H,25,28). The van der Waals surface area contributed by atoms with Gasteiger partial charge in [-0.25, -0.2) is 4.79 Å².